The monoisotopic (exact) mass is 376 g/mol. The molecule has 0 radical (unpaired) electrons. The van der Waals surface area contributed by atoms with Crippen molar-refractivity contribution >= 4 is 52.2 Å². The Morgan fingerprint density at radius 1 is 1.16 bits per heavy atom. The SMILES string of the molecule is O=C(/C=C/c1ccc([N+](=O)[O-])cc1)NC(=S)NNC(=O)c1cccs1. The predicted octanol–water partition coefficient (Wildman–Crippen LogP) is 2.01. The minimum atomic E-state index is -0.513. The van der Waals surface area contributed by atoms with Crippen LogP contribution in [0.5, 0.6) is 0 Å². The number of thiocarbonyl (C=S) groups is 1. The van der Waals surface area contributed by atoms with Crippen LogP contribution in [0.1, 0.15) is 15.2 Å². The van der Waals surface area contributed by atoms with Crippen molar-refractivity contribution in [2.75, 3.05) is 0 Å². The smallest absolute Gasteiger partial charge is 0.279 e. The van der Waals surface area contributed by atoms with Crippen LogP contribution in [-0.2, 0) is 4.79 Å². The summed E-state index contributed by atoms with van der Waals surface area (Å²) in [6.45, 7) is 0. The lowest BCUT2D eigenvalue weighted by Crippen LogP contribution is -2.48. The molecule has 2 amide bonds. The zero-order valence-electron chi connectivity index (χ0n) is 12.6. The Kier molecular flexibility index (Phi) is 6.32. The molecule has 3 N–H and O–H groups in total. The van der Waals surface area contributed by atoms with Gasteiger partial charge in [0.2, 0.25) is 5.91 Å². The molecule has 0 saturated heterocycles. The Morgan fingerprint density at radius 3 is 2.48 bits per heavy atom. The van der Waals surface area contributed by atoms with E-state index < -0.39 is 10.8 Å². The fraction of sp³-hybridized carbons (Fsp3) is 0. The average Bonchev–Trinajstić information content (AvgIpc) is 3.13. The van der Waals surface area contributed by atoms with Crippen molar-refractivity contribution in [3.05, 3.63) is 68.4 Å². The van der Waals surface area contributed by atoms with Gasteiger partial charge in [0.05, 0.1) is 9.80 Å². The Morgan fingerprint density at radius 2 is 1.88 bits per heavy atom. The van der Waals surface area contributed by atoms with Crippen molar-refractivity contribution in [1.82, 2.24) is 16.2 Å². The van der Waals surface area contributed by atoms with Crippen molar-refractivity contribution in [2.45, 2.75) is 0 Å². The summed E-state index contributed by atoms with van der Waals surface area (Å²) in [5.41, 5.74) is 5.36. The van der Waals surface area contributed by atoms with Gasteiger partial charge in [-0.25, -0.2) is 0 Å². The first kappa shape index (κ1) is 18.2. The van der Waals surface area contributed by atoms with Gasteiger partial charge in [0.1, 0.15) is 0 Å². The lowest BCUT2D eigenvalue weighted by Gasteiger charge is -2.08. The Balaban J connectivity index is 1.79. The number of hydrogen-bond donors (Lipinski definition) is 3. The minimum absolute atomic E-state index is 0.0338. The zero-order valence-corrected chi connectivity index (χ0v) is 14.2. The normalized spacial score (nSPS) is 10.2. The number of carbonyl (C=O) groups excluding carboxylic acids is 2. The summed E-state index contributed by atoms with van der Waals surface area (Å²) >= 11 is 6.16. The maximum Gasteiger partial charge on any atom is 0.279 e. The highest BCUT2D eigenvalue weighted by Gasteiger charge is 2.07. The van der Waals surface area contributed by atoms with E-state index in [4.69, 9.17) is 12.2 Å². The molecular formula is C15H12N4O4S2. The second kappa shape index (κ2) is 8.66. The molecule has 0 aliphatic heterocycles. The minimum Gasteiger partial charge on any atom is -0.298 e. The predicted molar refractivity (Wildman–Crippen MR) is 97.8 cm³/mol. The first-order chi connectivity index (χ1) is 12.0. The molecule has 1 aromatic heterocycles. The molecule has 128 valence electrons. The van der Waals surface area contributed by atoms with Gasteiger partial charge in [0.15, 0.2) is 5.11 Å². The molecule has 10 heteroatoms. The van der Waals surface area contributed by atoms with E-state index in [0.717, 1.165) is 0 Å². The van der Waals surface area contributed by atoms with Gasteiger partial charge in [-0.2, -0.15) is 0 Å². The van der Waals surface area contributed by atoms with Crippen LogP contribution in [0.2, 0.25) is 0 Å². The number of nitro benzene ring substituents is 1. The summed E-state index contributed by atoms with van der Waals surface area (Å²) in [6, 6.07) is 9.09. The fourth-order valence-corrected chi connectivity index (χ4v) is 2.42. The van der Waals surface area contributed by atoms with Gasteiger partial charge in [-0.1, -0.05) is 6.07 Å². The zero-order chi connectivity index (χ0) is 18.2. The number of hydrogen-bond acceptors (Lipinski definition) is 6. The van der Waals surface area contributed by atoms with Crippen LogP contribution < -0.4 is 16.2 Å². The van der Waals surface area contributed by atoms with Gasteiger partial charge >= 0.3 is 0 Å². The quantitative estimate of drug-likeness (QED) is 0.326. The largest absolute Gasteiger partial charge is 0.298 e. The van der Waals surface area contributed by atoms with E-state index in [1.54, 1.807) is 17.5 Å². The number of non-ortho nitro benzene ring substituents is 1. The van der Waals surface area contributed by atoms with Crippen LogP contribution in [0, 0.1) is 10.1 Å². The molecule has 0 unspecified atom stereocenters. The van der Waals surface area contributed by atoms with Gasteiger partial charge in [-0.05, 0) is 47.4 Å². The van der Waals surface area contributed by atoms with Gasteiger partial charge in [0, 0.05) is 18.2 Å². The average molecular weight is 376 g/mol. The molecule has 0 bridgehead atoms. The Bertz CT molecular complexity index is 817. The van der Waals surface area contributed by atoms with Crippen LogP contribution in [0.4, 0.5) is 5.69 Å². The molecule has 8 nitrogen and oxygen atoms in total. The summed E-state index contributed by atoms with van der Waals surface area (Å²) in [4.78, 5) is 34.0. The van der Waals surface area contributed by atoms with E-state index in [-0.39, 0.29) is 16.7 Å². The van der Waals surface area contributed by atoms with Crippen molar-refractivity contribution in [2.24, 2.45) is 0 Å². The molecule has 0 fully saturated rings. The summed E-state index contributed by atoms with van der Waals surface area (Å²) < 4.78 is 0. The standard InChI is InChI=1S/C15H12N4O4S2/c20-13(8-5-10-3-6-11(7-4-10)19(22)23)16-15(24)18-17-14(21)12-2-1-9-25-12/h1-9H,(H,17,21)(H2,16,18,20,24)/b8-5+. The molecule has 0 spiro atoms. The number of nitrogens with one attached hydrogen (secondary N) is 3. The van der Waals surface area contributed by atoms with Crippen LogP contribution in [0.25, 0.3) is 6.08 Å². The second-order valence-corrected chi connectivity index (χ2v) is 5.91. The van der Waals surface area contributed by atoms with Crippen LogP contribution in [0.15, 0.2) is 47.9 Å². The van der Waals surface area contributed by atoms with E-state index in [2.05, 4.69) is 16.2 Å². The van der Waals surface area contributed by atoms with Gasteiger partial charge in [-0.15, -0.1) is 11.3 Å². The molecule has 0 aliphatic carbocycles. The third kappa shape index (κ3) is 5.79. The van der Waals surface area contributed by atoms with Gasteiger partial charge in [0.25, 0.3) is 11.6 Å². The van der Waals surface area contributed by atoms with Gasteiger partial charge in [-0.3, -0.25) is 35.9 Å². The van der Waals surface area contributed by atoms with E-state index in [1.807, 2.05) is 0 Å². The maximum atomic E-state index is 11.7. The number of rotatable bonds is 4. The highest BCUT2D eigenvalue weighted by atomic mass is 32.1. The van der Waals surface area contributed by atoms with Crippen LogP contribution in [0.3, 0.4) is 0 Å². The molecule has 1 heterocycles. The first-order valence-corrected chi connectivity index (χ1v) is 8.12. The van der Waals surface area contributed by atoms with Crippen LogP contribution >= 0.6 is 23.6 Å². The molecule has 0 aliphatic rings. The highest BCUT2D eigenvalue weighted by molar-refractivity contribution is 7.80. The second-order valence-electron chi connectivity index (χ2n) is 4.56. The number of amides is 2. The topological polar surface area (TPSA) is 113 Å². The molecule has 2 aromatic rings. The number of thiophene rings is 1. The summed E-state index contributed by atoms with van der Waals surface area (Å²) in [5, 5.41) is 14.6. The van der Waals surface area contributed by atoms with Crippen LogP contribution in [-0.4, -0.2) is 21.9 Å². The van der Waals surface area contributed by atoms with Crippen molar-refractivity contribution < 1.29 is 14.5 Å². The molecule has 0 saturated carbocycles. The Labute approximate surface area is 151 Å². The third-order valence-electron chi connectivity index (χ3n) is 2.80. The molecule has 1 aromatic carbocycles. The van der Waals surface area contributed by atoms with Crippen molar-refractivity contribution in [1.29, 1.82) is 0 Å². The molecule has 2 rings (SSSR count). The van der Waals surface area contributed by atoms with E-state index in [1.165, 1.54) is 47.8 Å². The number of nitro groups is 1. The summed E-state index contributed by atoms with van der Waals surface area (Å²) in [6.07, 6.45) is 2.70. The lowest BCUT2D eigenvalue weighted by atomic mass is 10.2. The van der Waals surface area contributed by atoms with Gasteiger partial charge < -0.3 is 0 Å². The number of benzene rings is 1. The molecular weight excluding hydrogens is 364 g/mol. The number of nitrogens with zero attached hydrogens (tertiary/aromatic N) is 1. The fourth-order valence-electron chi connectivity index (χ4n) is 1.65. The molecule has 25 heavy (non-hydrogen) atoms. The third-order valence-corrected chi connectivity index (χ3v) is 3.88. The summed E-state index contributed by atoms with van der Waals surface area (Å²) in [5.74, 6) is -0.880. The molecule has 0 atom stereocenters. The Hall–Kier alpha value is -3.11. The first-order valence-electron chi connectivity index (χ1n) is 6.83. The highest BCUT2D eigenvalue weighted by Crippen LogP contribution is 2.12. The number of hydrazine groups is 1. The maximum absolute atomic E-state index is 11.7. The van der Waals surface area contributed by atoms with E-state index >= 15 is 0 Å². The van der Waals surface area contributed by atoms with Crippen molar-refractivity contribution in [3.8, 4) is 0 Å². The van der Waals surface area contributed by atoms with E-state index in [0.29, 0.717) is 10.4 Å². The van der Waals surface area contributed by atoms with E-state index in [9.17, 15) is 19.7 Å². The number of carbonyl (C=O) groups is 2. The summed E-state index contributed by atoms with van der Waals surface area (Å²) in [7, 11) is 0. The van der Waals surface area contributed by atoms with Crippen molar-refractivity contribution in [3.63, 3.8) is 0 Å². The lowest BCUT2D eigenvalue weighted by molar-refractivity contribution is -0.384.